The maximum absolute atomic E-state index is 11.4. The Morgan fingerprint density at radius 2 is 1.84 bits per heavy atom. The van der Waals surface area contributed by atoms with Gasteiger partial charge in [-0.25, -0.2) is 4.79 Å². The summed E-state index contributed by atoms with van der Waals surface area (Å²) in [5.74, 6) is 0.888. The monoisotopic (exact) mass is 269 g/mol. The number of ether oxygens (including phenoxy) is 4. The van der Waals surface area contributed by atoms with Gasteiger partial charge in [-0.1, -0.05) is 6.07 Å². The number of benzene rings is 1. The molecule has 1 unspecified atom stereocenters. The SMILES string of the molecule is COC(=O)C(C)(N)COc1cccc(OC)c1OC. The number of hydrogen-bond acceptors (Lipinski definition) is 6. The molecule has 1 aromatic carbocycles. The van der Waals surface area contributed by atoms with Crippen LogP contribution < -0.4 is 19.9 Å². The molecule has 1 rings (SSSR count). The molecule has 0 radical (unpaired) electrons. The molecule has 6 nitrogen and oxygen atoms in total. The Kier molecular flexibility index (Phi) is 5.00. The molecule has 6 heteroatoms. The van der Waals surface area contributed by atoms with Gasteiger partial charge in [-0.3, -0.25) is 0 Å². The minimum atomic E-state index is -1.23. The Balaban J connectivity index is 2.86. The molecule has 2 N–H and O–H groups in total. The summed E-state index contributed by atoms with van der Waals surface area (Å²) in [5.41, 5.74) is 4.58. The third-order valence-electron chi connectivity index (χ3n) is 2.55. The van der Waals surface area contributed by atoms with Crippen LogP contribution in [0, 0.1) is 0 Å². The van der Waals surface area contributed by atoms with Crippen molar-refractivity contribution in [3.8, 4) is 17.2 Å². The highest BCUT2D eigenvalue weighted by Gasteiger charge is 2.31. The first-order valence-electron chi connectivity index (χ1n) is 5.67. The maximum atomic E-state index is 11.4. The van der Waals surface area contributed by atoms with Crippen molar-refractivity contribution >= 4 is 5.97 Å². The zero-order valence-electron chi connectivity index (χ0n) is 11.6. The average molecular weight is 269 g/mol. The smallest absolute Gasteiger partial charge is 0.329 e. The van der Waals surface area contributed by atoms with Gasteiger partial charge in [0.1, 0.15) is 12.1 Å². The van der Waals surface area contributed by atoms with E-state index in [1.807, 2.05) is 0 Å². The van der Waals surface area contributed by atoms with Crippen LogP contribution in [-0.2, 0) is 9.53 Å². The van der Waals surface area contributed by atoms with Gasteiger partial charge >= 0.3 is 5.97 Å². The summed E-state index contributed by atoms with van der Waals surface area (Å²) in [6.45, 7) is 1.49. The molecule has 0 heterocycles. The summed E-state index contributed by atoms with van der Waals surface area (Å²) in [6, 6.07) is 5.20. The zero-order valence-corrected chi connectivity index (χ0v) is 11.6. The van der Waals surface area contributed by atoms with Gasteiger partial charge in [0.05, 0.1) is 21.3 Å². The minimum absolute atomic E-state index is 0.0385. The maximum Gasteiger partial charge on any atom is 0.329 e. The largest absolute Gasteiger partial charge is 0.493 e. The third kappa shape index (κ3) is 3.51. The molecular formula is C13H19NO5. The molecule has 1 aromatic rings. The molecule has 0 aliphatic heterocycles. The molecule has 0 spiro atoms. The van der Waals surface area contributed by atoms with Gasteiger partial charge in [0.25, 0.3) is 0 Å². The fourth-order valence-corrected chi connectivity index (χ4v) is 1.49. The molecule has 0 aliphatic carbocycles. The van der Waals surface area contributed by atoms with Crippen molar-refractivity contribution in [3.05, 3.63) is 18.2 Å². The highest BCUT2D eigenvalue weighted by molar-refractivity contribution is 5.80. The van der Waals surface area contributed by atoms with Gasteiger partial charge in [0, 0.05) is 0 Å². The number of nitrogens with two attached hydrogens (primary N) is 1. The van der Waals surface area contributed by atoms with E-state index in [1.54, 1.807) is 18.2 Å². The van der Waals surface area contributed by atoms with Crippen LogP contribution in [0.3, 0.4) is 0 Å². The van der Waals surface area contributed by atoms with Gasteiger partial charge in [-0.2, -0.15) is 0 Å². The van der Waals surface area contributed by atoms with Crippen molar-refractivity contribution < 1.29 is 23.7 Å². The average Bonchev–Trinajstić information content (AvgIpc) is 2.43. The van der Waals surface area contributed by atoms with Gasteiger partial charge in [0.15, 0.2) is 11.5 Å². The minimum Gasteiger partial charge on any atom is -0.493 e. The van der Waals surface area contributed by atoms with Crippen molar-refractivity contribution in [2.75, 3.05) is 27.9 Å². The quantitative estimate of drug-likeness (QED) is 0.775. The molecule has 0 saturated heterocycles. The van der Waals surface area contributed by atoms with Crippen LogP contribution in [-0.4, -0.2) is 39.4 Å². The molecule has 0 fully saturated rings. The van der Waals surface area contributed by atoms with Crippen molar-refractivity contribution in [1.29, 1.82) is 0 Å². The second kappa shape index (κ2) is 6.29. The summed E-state index contributed by atoms with van der Waals surface area (Å²) < 4.78 is 20.5. The van der Waals surface area contributed by atoms with E-state index in [4.69, 9.17) is 19.9 Å². The van der Waals surface area contributed by atoms with E-state index < -0.39 is 11.5 Å². The molecular weight excluding hydrogens is 250 g/mol. The Morgan fingerprint density at radius 1 is 1.21 bits per heavy atom. The predicted octanol–water partition coefficient (Wildman–Crippen LogP) is 0.973. The number of carbonyl (C=O) groups is 1. The first-order valence-corrected chi connectivity index (χ1v) is 5.67. The second-order valence-corrected chi connectivity index (χ2v) is 4.19. The van der Waals surface area contributed by atoms with Crippen molar-refractivity contribution in [3.63, 3.8) is 0 Å². The molecule has 106 valence electrons. The highest BCUT2D eigenvalue weighted by Crippen LogP contribution is 2.36. The number of methoxy groups -OCH3 is 3. The summed E-state index contributed by atoms with van der Waals surface area (Å²) >= 11 is 0. The lowest BCUT2D eigenvalue weighted by molar-refractivity contribution is -0.147. The normalized spacial score (nSPS) is 13.3. The fourth-order valence-electron chi connectivity index (χ4n) is 1.49. The third-order valence-corrected chi connectivity index (χ3v) is 2.55. The molecule has 0 bridgehead atoms. The molecule has 0 amide bonds. The second-order valence-electron chi connectivity index (χ2n) is 4.19. The molecule has 0 saturated carbocycles. The molecule has 19 heavy (non-hydrogen) atoms. The first kappa shape index (κ1) is 15.1. The number of carbonyl (C=O) groups excluding carboxylic acids is 1. The molecule has 0 aliphatic rings. The van der Waals surface area contributed by atoms with Crippen LogP contribution in [0.2, 0.25) is 0 Å². The van der Waals surface area contributed by atoms with E-state index in [0.29, 0.717) is 17.2 Å². The summed E-state index contributed by atoms with van der Waals surface area (Å²) in [6.07, 6.45) is 0. The number of esters is 1. The summed E-state index contributed by atoms with van der Waals surface area (Å²) in [5, 5.41) is 0. The predicted molar refractivity (Wildman–Crippen MR) is 69.6 cm³/mol. The Labute approximate surface area is 112 Å². The summed E-state index contributed by atoms with van der Waals surface area (Å²) in [7, 11) is 4.31. The van der Waals surface area contributed by atoms with E-state index in [1.165, 1.54) is 28.3 Å². The summed E-state index contributed by atoms with van der Waals surface area (Å²) in [4.78, 5) is 11.4. The standard InChI is InChI=1S/C13H19NO5/c1-13(14,12(15)18-4)8-19-10-7-5-6-9(16-2)11(10)17-3/h5-7H,8,14H2,1-4H3. The first-order chi connectivity index (χ1) is 8.96. The lowest BCUT2D eigenvalue weighted by Gasteiger charge is -2.22. The Bertz CT molecular complexity index is 445. The van der Waals surface area contributed by atoms with Crippen LogP contribution >= 0.6 is 0 Å². The van der Waals surface area contributed by atoms with Gasteiger partial charge in [0.2, 0.25) is 5.75 Å². The Morgan fingerprint density at radius 3 is 2.37 bits per heavy atom. The van der Waals surface area contributed by atoms with Crippen molar-refractivity contribution in [2.24, 2.45) is 5.73 Å². The van der Waals surface area contributed by atoms with Gasteiger partial charge < -0.3 is 24.7 Å². The number of rotatable bonds is 6. The molecule has 1 atom stereocenters. The van der Waals surface area contributed by atoms with Crippen LogP contribution in [0.1, 0.15) is 6.92 Å². The van der Waals surface area contributed by atoms with Crippen molar-refractivity contribution in [1.82, 2.24) is 0 Å². The van der Waals surface area contributed by atoms with E-state index in [-0.39, 0.29) is 6.61 Å². The van der Waals surface area contributed by atoms with Gasteiger partial charge in [-0.05, 0) is 19.1 Å². The van der Waals surface area contributed by atoms with E-state index in [0.717, 1.165) is 0 Å². The van der Waals surface area contributed by atoms with E-state index in [2.05, 4.69) is 4.74 Å². The van der Waals surface area contributed by atoms with Gasteiger partial charge in [-0.15, -0.1) is 0 Å². The van der Waals surface area contributed by atoms with Crippen molar-refractivity contribution in [2.45, 2.75) is 12.5 Å². The fraction of sp³-hybridized carbons (Fsp3) is 0.462. The number of para-hydroxylation sites is 1. The van der Waals surface area contributed by atoms with E-state index >= 15 is 0 Å². The van der Waals surface area contributed by atoms with Crippen LogP contribution in [0.25, 0.3) is 0 Å². The van der Waals surface area contributed by atoms with Crippen LogP contribution in [0.5, 0.6) is 17.2 Å². The number of hydrogen-bond donors (Lipinski definition) is 1. The zero-order chi connectivity index (χ0) is 14.5. The van der Waals surface area contributed by atoms with E-state index in [9.17, 15) is 4.79 Å². The lowest BCUT2D eigenvalue weighted by Crippen LogP contribution is -2.50. The highest BCUT2D eigenvalue weighted by atomic mass is 16.5. The lowest BCUT2D eigenvalue weighted by atomic mass is 10.1. The topological polar surface area (TPSA) is 80.0 Å². The molecule has 0 aromatic heterocycles. The van der Waals surface area contributed by atoms with Crippen LogP contribution in [0.15, 0.2) is 18.2 Å². The Hall–Kier alpha value is -1.95. The van der Waals surface area contributed by atoms with Crippen LogP contribution in [0.4, 0.5) is 0 Å².